The molecule has 2 atom stereocenters. The van der Waals surface area contributed by atoms with Crippen LogP contribution >= 0.6 is 15.9 Å². The zero-order valence-corrected chi connectivity index (χ0v) is 23.5. The zero-order chi connectivity index (χ0) is 25.4. The highest BCUT2D eigenvalue weighted by atomic mass is 79.9. The Kier molecular flexibility index (Phi) is 10.3. The molecule has 0 heterocycles. The van der Waals surface area contributed by atoms with Gasteiger partial charge >= 0.3 is 12.1 Å². The molecule has 1 N–H and O–H groups in total. The Balaban J connectivity index is 2.30. The fourth-order valence-electron chi connectivity index (χ4n) is 3.04. The molecule has 0 spiro atoms. The molecule has 2 rings (SSSR count). The predicted octanol–water partition coefficient (Wildman–Crippen LogP) is 6.24. The van der Waals surface area contributed by atoms with E-state index < -0.39 is 32.5 Å². The summed E-state index contributed by atoms with van der Waals surface area (Å²) >= 11 is 3.45. The van der Waals surface area contributed by atoms with Gasteiger partial charge in [0.25, 0.3) is 0 Å². The van der Waals surface area contributed by atoms with E-state index in [1.165, 1.54) is 0 Å². The number of alkyl carbamates (subject to hydrolysis) is 1. The molecule has 2 aromatic rings. The van der Waals surface area contributed by atoms with E-state index in [2.05, 4.69) is 55.1 Å². The van der Waals surface area contributed by atoms with Gasteiger partial charge in [-0.05, 0) is 54.7 Å². The molecular formula is C26H36BrNO5Si. The maximum atomic E-state index is 13.1. The number of benzene rings is 2. The molecule has 0 unspecified atom stereocenters. The lowest BCUT2D eigenvalue weighted by Crippen LogP contribution is -2.56. The van der Waals surface area contributed by atoms with Crippen molar-refractivity contribution in [3.63, 3.8) is 0 Å². The largest absolute Gasteiger partial charge is 0.464 e. The van der Waals surface area contributed by atoms with E-state index in [1.807, 2.05) is 54.6 Å². The summed E-state index contributed by atoms with van der Waals surface area (Å²) in [6.07, 6.45) is -1.20. The first-order valence-electron chi connectivity index (χ1n) is 11.5. The highest BCUT2D eigenvalue weighted by Gasteiger charge is 2.44. The molecule has 0 aliphatic heterocycles. The summed E-state index contributed by atoms with van der Waals surface area (Å²) in [6.45, 7) is 12.6. The fourth-order valence-corrected chi connectivity index (χ4v) is 4.55. The van der Waals surface area contributed by atoms with Crippen LogP contribution in [0, 0.1) is 0 Å². The molecule has 0 saturated carbocycles. The fraction of sp³-hybridized carbons (Fsp3) is 0.462. The van der Waals surface area contributed by atoms with E-state index in [1.54, 1.807) is 6.92 Å². The average Bonchev–Trinajstić information content (AvgIpc) is 2.77. The molecule has 1 amide bonds. The Morgan fingerprint density at radius 3 is 2.15 bits per heavy atom. The minimum Gasteiger partial charge on any atom is -0.464 e. The molecule has 0 bridgehead atoms. The number of hydrogen-bond donors (Lipinski definition) is 1. The molecule has 0 fully saturated rings. The van der Waals surface area contributed by atoms with E-state index in [9.17, 15) is 9.59 Å². The van der Waals surface area contributed by atoms with Crippen molar-refractivity contribution < 1.29 is 23.5 Å². The Labute approximate surface area is 212 Å². The molecule has 0 aromatic heterocycles. The number of amides is 1. The van der Waals surface area contributed by atoms with Gasteiger partial charge in [-0.25, -0.2) is 9.59 Å². The summed E-state index contributed by atoms with van der Waals surface area (Å²) in [4.78, 5) is 25.9. The van der Waals surface area contributed by atoms with Crippen molar-refractivity contribution in [2.45, 2.75) is 71.0 Å². The SMILES string of the molecule is CCOC(=O)[C@@H](O[Si](C)(C)C(C)(C)C)[C@@H](Cc1ccc(Br)cc1)NC(=O)OCc1ccccc1. The summed E-state index contributed by atoms with van der Waals surface area (Å²) in [7, 11) is -2.37. The van der Waals surface area contributed by atoms with Gasteiger partial charge in [0.2, 0.25) is 0 Å². The van der Waals surface area contributed by atoms with Crippen molar-refractivity contribution in [3.8, 4) is 0 Å². The Morgan fingerprint density at radius 1 is 0.971 bits per heavy atom. The van der Waals surface area contributed by atoms with Crippen LogP contribution in [0.4, 0.5) is 4.79 Å². The predicted molar refractivity (Wildman–Crippen MR) is 140 cm³/mol. The number of rotatable bonds is 10. The van der Waals surface area contributed by atoms with Gasteiger partial charge in [0.15, 0.2) is 14.4 Å². The second kappa shape index (κ2) is 12.5. The van der Waals surface area contributed by atoms with Crippen LogP contribution in [0.3, 0.4) is 0 Å². The first kappa shape index (κ1) is 28.1. The molecular weight excluding hydrogens is 514 g/mol. The first-order valence-corrected chi connectivity index (χ1v) is 15.2. The van der Waals surface area contributed by atoms with E-state index in [0.717, 1.165) is 15.6 Å². The normalized spacial score (nSPS) is 13.6. The molecule has 0 aliphatic rings. The van der Waals surface area contributed by atoms with Gasteiger partial charge in [-0.15, -0.1) is 0 Å². The van der Waals surface area contributed by atoms with Gasteiger partial charge in [0, 0.05) is 4.47 Å². The highest BCUT2D eigenvalue weighted by molar-refractivity contribution is 9.10. The monoisotopic (exact) mass is 549 g/mol. The second-order valence-corrected chi connectivity index (χ2v) is 15.4. The third-order valence-electron chi connectivity index (χ3n) is 6.00. The van der Waals surface area contributed by atoms with Gasteiger partial charge in [-0.1, -0.05) is 79.2 Å². The topological polar surface area (TPSA) is 73.9 Å². The highest BCUT2D eigenvalue weighted by Crippen LogP contribution is 2.38. The minimum absolute atomic E-state index is 0.130. The van der Waals surface area contributed by atoms with Crippen LogP contribution < -0.4 is 5.32 Å². The van der Waals surface area contributed by atoms with Crippen LogP contribution in [0.2, 0.25) is 18.1 Å². The van der Waals surface area contributed by atoms with E-state index in [4.69, 9.17) is 13.9 Å². The van der Waals surface area contributed by atoms with Crippen molar-refractivity contribution in [2.24, 2.45) is 0 Å². The number of carbonyl (C=O) groups excluding carboxylic acids is 2. The molecule has 34 heavy (non-hydrogen) atoms. The minimum atomic E-state index is -2.37. The lowest BCUT2D eigenvalue weighted by Gasteiger charge is -2.40. The molecule has 186 valence electrons. The van der Waals surface area contributed by atoms with Gasteiger partial charge in [0.05, 0.1) is 12.6 Å². The van der Waals surface area contributed by atoms with Gasteiger partial charge in [0.1, 0.15) is 6.61 Å². The summed E-state index contributed by atoms with van der Waals surface area (Å²) in [5.74, 6) is -0.488. The van der Waals surface area contributed by atoms with Gasteiger partial charge in [-0.2, -0.15) is 0 Å². The quantitative estimate of drug-likeness (QED) is 0.280. The van der Waals surface area contributed by atoms with Crippen molar-refractivity contribution >= 4 is 36.3 Å². The zero-order valence-electron chi connectivity index (χ0n) is 20.9. The van der Waals surface area contributed by atoms with Crippen molar-refractivity contribution in [1.29, 1.82) is 0 Å². The third-order valence-corrected chi connectivity index (χ3v) is 11.0. The van der Waals surface area contributed by atoms with Crippen molar-refractivity contribution in [1.82, 2.24) is 5.32 Å². The summed E-state index contributed by atoms with van der Waals surface area (Å²) in [5.41, 5.74) is 1.83. The smallest absolute Gasteiger partial charge is 0.407 e. The summed E-state index contributed by atoms with van der Waals surface area (Å²) in [6, 6.07) is 16.5. The molecule has 2 aromatic carbocycles. The standard InChI is InChI=1S/C26H36BrNO5Si/c1-7-31-24(29)23(33-34(5,6)26(2,3)4)22(17-19-13-15-21(27)16-14-19)28-25(30)32-18-20-11-9-8-10-12-20/h8-16,22-23H,7,17-18H2,1-6H3,(H,28,30)/t22-,23+/m1/s1. The van der Waals surface area contributed by atoms with E-state index in [0.29, 0.717) is 6.42 Å². The van der Waals surface area contributed by atoms with E-state index in [-0.39, 0.29) is 18.3 Å². The van der Waals surface area contributed by atoms with Crippen LogP contribution in [-0.2, 0) is 31.7 Å². The average molecular weight is 551 g/mol. The van der Waals surface area contributed by atoms with Crippen LogP contribution in [0.25, 0.3) is 0 Å². The van der Waals surface area contributed by atoms with E-state index >= 15 is 0 Å². The maximum Gasteiger partial charge on any atom is 0.407 e. The van der Waals surface area contributed by atoms with Crippen LogP contribution in [0.15, 0.2) is 59.1 Å². The Hall–Kier alpha value is -2.16. The third kappa shape index (κ3) is 8.56. The van der Waals surface area contributed by atoms with Gasteiger partial charge in [-0.3, -0.25) is 0 Å². The lowest BCUT2D eigenvalue weighted by molar-refractivity contribution is -0.153. The summed E-state index contributed by atoms with van der Waals surface area (Å²) in [5, 5.41) is 2.76. The maximum absolute atomic E-state index is 13.1. The van der Waals surface area contributed by atoms with Crippen molar-refractivity contribution in [3.05, 3.63) is 70.2 Å². The number of carbonyl (C=O) groups is 2. The number of ether oxygens (including phenoxy) is 2. The number of halogens is 1. The molecule has 8 heteroatoms. The number of esters is 1. The van der Waals surface area contributed by atoms with Crippen LogP contribution in [0.5, 0.6) is 0 Å². The lowest BCUT2D eigenvalue weighted by atomic mass is 10.0. The molecule has 6 nitrogen and oxygen atoms in total. The van der Waals surface area contributed by atoms with Crippen LogP contribution in [0.1, 0.15) is 38.8 Å². The Bertz CT molecular complexity index is 928. The first-order chi connectivity index (χ1) is 15.9. The molecule has 0 aliphatic carbocycles. The van der Waals surface area contributed by atoms with Gasteiger partial charge < -0.3 is 19.2 Å². The number of hydrogen-bond acceptors (Lipinski definition) is 5. The number of nitrogens with one attached hydrogen (secondary N) is 1. The molecule has 0 radical (unpaired) electrons. The Morgan fingerprint density at radius 2 is 1.59 bits per heavy atom. The van der Waals surface area contributed by atoms with Crippen molar-refractivity contribution in [2.75, 3.05) is 6.61 Å². The second-order valence-electron chi connectivity index (χ2n) is 9.69. The molecule has 0 saturated heterocycles. The van der Waals surface area contributed by atoms with Crippen LogP contribution in [-0.4, -0.2) is 39.1 Å². The summed E-state index contributed by atoms with van der Waals surface area (Å²) < 4.78 is 18.3.